The molecule has 0 N–H and O–H groups in total. The number of fused-ring (bicyclic) bond motifs is 1. The first-order chi connectivity index (χ1) is 16.7. The number of aromatic nitrogens is 3. The van der Waals surface area contributed by atoms with E-state index in [2.05, 4.69) is 12.0 Å². The Bertz CT molecular complexity index is 1210. The van der Waals surface area contributed by atoms with Gasteiger partial charge < -0.3 is 9.47 Å². The van der Waals surface area contributed by atoms with Gasteiger partial charge in [0, 0.05) is 24.5 Å². The number of nitrogens with zero attached hydrogens (tertiary/aromatic N) is 4. The largest absolute Gasteiger partial charge is 0.494 e. The van der Waals surface area contributed by atoms with Gasteiger partial charge in [0.25, 0.3) is 5.91 Å². The maximum atomic E-state index is 13.7. The quantitative estimate of drug-likeness (QED) is 0.240. The molecule has 8 heteroatoms. The maximum absolute atomic E-state index is 13.7. The van der Waals surface area contributed by atoms with Crippen molar-refractivity contribution >= 4 is 32.6 Å². The van der Waals surface area contributed by atoms with E-state index in [1.54, 1.807) is 11.1 Å². The maximum Gasteiger partial charge on any atom is 0.260 e. The normalized spacial score (nSPS) is 11.0. The van der Waals surface area contributed by atoms with Crippen LogP contribution in [-0.2, 0) is 6.54 Å². The first kappa shape index (κ1) is 23.8. The average molecular weight is 479 g/mol. The topological polar surface area (TPSA) is 69.5 Å². The lowest BCUT2D eigenvalue weighted by molar-refractivity contribution is 0.0985. The summed E-state index contributed by atoms with van der Waals surface area (Å²) in [5, 5.41) is 4.91. The molecule has 0 saturated carbocycles. The second kappa shape index (κ2) is 11.7. The van der Waals surface area contributed by atoms with Crippen LogP contribution in [0.5, 0.6) is 11.5 Å². The lowest BCUT2D eigenvalue weighted by Crippen LogP contribution is -2.34. The molecule has 0 aliphatic heterocycles. The number of anilines is 1. The van der Waals surface area contributed by atoms with Gasteiger partial charge in [0.15, 0.2) is 5.13 Å². The molecule has 7 nitrogen and oxygen atoms in total. The van der Waals surface area contributed by atoms with E-state index in [0.29, 0.717) is 42.7 Å². The SMILES string of the molecule is CCCCCOc1cccc(C(=O)N(CCn2cccn2)c2nc3c(OCC)cccc3s2)c1. The van der Waals surface area contributed by atoms with Crippen molar-refractivity contribution in [1.29, 1.82) is 0 Å². The molecule has 0 atom stereocenters. The van der Waals surface area contributed by atoms with Gasteiger partial charge in [-0.15, -0.1) is 0 Å². The van der Waals surface area contributed by atoms with Gasteiger partial charge in [-0.2, -0.15) is 5.10 Å². The van der Waals surface area contributed by atoms with Gasteiger partial charge in [0.1, 0.15) is 17.0 Å². The summed E-state index contributed by atoms with van der Waals surface area (Å²) < 4.78 is 14.4. The second-order valence-corrected chi connectivity index (χ2v) is 8.85. The number of amides is 1. The molecule has 0 spiro atoms. The van der Waals surface area contributed by atoms with E-state index in [4.69, 9.17) is 14.5 Å². The molecule has 0 unspecified atom stereocenters. The van der Waals surface area contributed by atoms with Gasteiger partial charge in [-0.3, -0.25) is 14.4 Å². The molecule has 2 heterocycles. The standard InChI is InChI=1S/C26H30N4O3S/c1-3-5-6-18-33-21-11-7-10-20(19-21)25(31)30(17-16-29-15-9-14-27-29)26-28-24-22(32-4-2)12-8-13-23(24)34-26/h7-15,19H,3-6,16-18H2,1-2H3. The highest BCUT2D eigenvalue weighted by atomic mass is 32.1. The van der Waals surface area contributed by atoms with Crippen molar-refractivity contribution in [2.75, 3.05) is 24.7 Å². The van der Waals surface area contributed by atoms with Crippen molar-refractivity contribution in [1.82, 2.24) is 14.8 Å². The summed E-state index contributed by atoms with van der Waals surface area (Å²) in [7, 11) is 0. The van der Waals surface area contributed by atoms with Gasteiger partial charge in [-0.25, -0.2) is 4.98 Å². The fourth-order valence-corrected chi connectivity index (χ4v) is 4.64. The van der Waals surface area contributed by atoms with Crippen molar-refractivity contribution in [3.8, 4) is 11.5 Å². The molecule has 0 bridgehead atoms. The number of carbonyl (C=O) groups is 1. The van der Waals surface area contributed by atoms with Crippen molar-refractivity contribution in [2.24, 2.45) is 0 Å². The second-order valence-electron chi connectivity index (χ2n) is 7.84. The summed E-state index contributed by atoms with van der Waals surface area (Å²) in [4.78, 5) is 20.2. The van der Waals surface area contributed by atoms with E-state index in [1.807, 2.05) is 66.3 Å². The average Bonchev–Trinajstić information content (AvgIpc) is 3.53. The molecule has 0 fully saturated rings. The Labute approximate surface area is 203 Å². The van der Waals surface area contributed by atoms with Crippen LogP contribution in [-0.4, -0.2) is 40.4 Å². The number of carbonyl (C=O) groups excluding carboxylic acids is 1. The van der Waals surface area contributed by atoms with E-state index in [-0.39, 0.29) is 5.91 Å². The first-order valence-corrected chi connectivity index (χ1v) is 12.6. The van der Waals surface area contributed by atoms with E-state index < -0.39 is 0 Å². The summed E-state index contributed by atoms with van der Waals surface area (Å²) in [6.07, 6.45) is 6.89. The third-order valence-corrected chi connectivity index (χ3v) is 6.40. The monoisotopic (exact) mass is 478 g/mol. The molecule has 1 amide bonds. The zero-order valence-electron chi connectivity index (χ0n) is 19.6. The van der Waals surface area contributed by atoms with Crippen molar-refractivity contribution < 1.29 is 14.3 Å². The van der Waals surface area contributed by atoms with Gasteiger partial charge >= 0.3 is 0 Å². The van der Waals surface area contributed by atoms with Crippen LogP contribution < -0.4 is 14.4 Å². The van der Waals surface area contributed by atoms with Crippen LogP contribution in [0.25, 0.3) is 10.2 Å². The Morgan fingerprint density at radius 1 is 1.09 bits per heavy atom. The number of unbranched alkanes of at least 4 members (excludes halogenated alkanes) is 2. The van der Waals surface area contributed by atoms with Gasteiger partial charge in [0.2, 0.25) is 0 Å². The molecule has 4 aromatic rings. The van der Waals surface area contributed by atoms with Crippen molar-refractivity contribution in [2.45, 2.75) is 39.7 Å². The van der Waals surface area contributed by atoms with Crippen LogP contribution in [0.4, 0.5) is 5.13 Å². The summed E-state index contributed by atoms with van der Waals surface area (Å²) in [6, 6.07) is 15.1. The van der Waals surface area contributed by atoms with E-state index in [0.717, 1.165) is 35.2 Å². The zero-order valence-corrected chi connectivity index (χ0v) is 20.5. The molecule has 2 aromatic carbocycles. The fourth-order valence-electron chi connectivity index (χ4n) is 3.64. The molecule has 0 aliphatic carbocycles. The number of hydrogen-bond donors (Lipinski definition) is 0. The molecule has 4 rings (SSSR count). The first-order valence-electron chi connectivity index (χ1n) is 11.7. The third-order valence-electron chi connectivity index (χ3n) is 5.36. The number of thiazole rings is 1. The Balaban J connectivity index is 1.62. The van der Waals surface area contributed by atoms with Crippen LogP contribution in [0.2, 0.25) is 0 Å². The van der Waals surface area contributed by atoms with Crippen LogP contribution in [0, 0.1) is 0 Å². The number of rotatable bonds is 12. The molecular weight excluding hydrogens is 448 g/mol. The molecule has 34 heavy (non-hydrogen) atoms. The van der Waals surface area contributed by atoms with Crippen molar-refractivity contribution in [3.63, 3.8) is 0 Å². The van der Waals surface area contributed by atoms with Gasteiger partial charge in [0.05, 0.1) is 24.5 Å². The van der Waals surface area contributed by atoms with Gasteiger partial charge in [-0.1, -0.05) is 43.2 Å². The molecule has 2 aromatic heterocycles. The highest BCUT2D eigenvalue weighted by Crippen LogP contribution is 2.35. The lowest BCUT2D eigenvalue weighted by Gasteiger charge is -2.20. The Kier molecular flexibility index (Phi) is 8.14. The minimum Gasteiger partial charge on any atom is -0.494 e. The Morgan fingerprint density at radius 3 is 2.76 bits per heavy atom. The zero-order chi connectivity index (χ0) is 23.8. The minimum absolute atomic E-state index is 0.122. The molecule has 0 aliphatic rings. The Morgan fingerprint density at radius 2 is 1.97 bits per heavy atom. The lowest BCUT2D eigenvalue weighted by atomic mass is 10.2. The van der Waals surface area contributed by atoms with Crippen LogP contribution in [0.1, 0.15) is 43.5 Å². The summed E-state index contributed by atoms with van der Waals surface area (Å²) in [5.41, 5.74) is 1.34. The minimum atomic E-state index is -0.122. The summed E-state index contributed by atoms with van der Waals surface area (Å²) in [6.45, 7) is 6.30. The predicted octanol–water partition coefficient (Wildman–Crippen LogP) is 5.81. The van der Waals surface area contributed by atoms with Crippen LogP contribution in [0.15, 0.2) is 60.9 Å². The van der Waals surface area contributed by atoms with E-state index in [9.17, 15) is 4.79 Å². The number of hydrogen-bond acceptors (Lipinski definition) is 6. The third kappa shape index (κ3) is 5.75. The highest BCUT2D eigenvalue weighted by molar-refractivity contribution is 7.22. The van der Waals surface area contributed by atoms with Crippen LogP contribution in [0.3, 0.4) is 0 Å². The summed E-state index contributed by atoms with van der Waals surface area (Å²) >= 11 is 1.48. The number of benzene rings is 2. The van der Waals surface area contributed by atoms with Crippen molar-refractivity contribution in [3.05, 3.63) is 66.5 Å². The number of para-hydroxylation sites is 1. The molecular formula is C26H30N4O3S. The van der Waals surface area contributed by atoms with Gasteiger partial charge in [-0.05, 0) is 49.7 Å². The number of ether oxygens (including phenoxy) is 2. The predicted molar refractivity (Wildman–Crippen MR) is 136 cm³/mol. The van der Waals surface area contributed by atoms with E-state index in [1.165, 1.54) is 11.3 Å². The highest BCUT2D eigenvalue weighted by Gasteiger charge is 2.23. The summed E-state index contributed by atoms with van der Waals surface area (Å²) in [5.74, 6) is 1.31. The molecule has 0 saturated heterocycles. The molecule has 0 radical (unpaired) electrons. The smallest absolute Gasteiger partial charge is 0.260 e. The molecule has 178 valence electrons. The van der Waals surface area contributed by atoms with E-state index >= 15 is 0 Å². The fraction of sp³-hybridized carbons (Fsp3) is 0.346. The Hall–Kier alpha value is -3.39. The van der Waals surface area contributed by atoms with Crippen LogP contribution >= 0.6 is 11.3 Å².